The van der Waals surface area contributed by atoms with Gasteiger partial charge in [-0.3, -0.25) is 4.79 Å². The van der Waals surface area contributed by atoms with Gasteiger partial charge in [0, 0.05) is 19.0 Å². The third kappa shape index (κ3) is 6.70. The molecule has 0 N–H and O–H groups in total. The molecule has 0 spiro atoms. The summed E-state index contributed by atoms with van der Waals surface area (Å²) in [7, 11) is 0. The Morgan fingerprint density at radius 3 is 2.06 bits per heavy atom. The van der Waals surface area contributed by atoms with Gasteiger partial charge < -0.3 is 4.90 Å². The molecular formula is C15H31NO. The fraction of sp³-hybridized carbons (Fsp3) is 0.933. The number of carbonyl (C=O) groups is 1. The molecule has 0 rings (SSSR count). The zero-order valence-corrected chi connectivity index (χ0v) is 12.7. The Kier molecular flexibility index (Phi) is 7.49. The van der Waals surface area contributed by atoms with Crippen LogP contribution in [-0.2, 0) is 4.79 Å². The molecule has 102 valence electrons. The average Bonchev–Trinajstić information content (AvgIpc) is 2.20. The molecule has 0 bridgehead atoms. The van der Waals surface area contributed by atoms with Crippen LogP contribution in [0.2, 0.25) is 0 Å². The highest BCUT2D eigenvalue weighted by atomic mass is 16.2. The summed E-state index contributed by atoms with van der Waals surface area (Å²) in [6.07, 6.45) is 5.07. The number of nitrogens with zero attached hydrogens (tertiary/aromatic N) is 1. The first-order valence-corrected chi connectivity index (χ1v) is 7.15. The average molecular weight is 241 g/mol. The molecule has 1 atom stereocenters. The van der Waals surface area contributed by atoms with E-state index in [1.807, 2.05) is 0 Å². The van der Waals surface area contributed by atoms with E-state index in [1.165, 1.54) is 0 Å². The first-order chi connectivity index (χ1) is 7.85. The van der Waals surface area contributed by atoms with Crippen molar-refractivity contribution < 1.29 is 4.79 Å². The van der Waals surface area contributed by atoms with Gasteiger partial charge in [0.15, 0.2) is 0 Å². The van der Waals surface area contributed by atoms with Crippen LogP contribution in [0.4, 0.5) is 0 Å². The topological polar surface area (TPSA) is 20.3 Å². The minimum Gasteiger partial charge on any atom is -0.340 e. The van der Waals surface area contributed by atoms with Crippen molar-refractivity contribution in [2.24, 2.45) is 5.41 Å². The third-order valence-corrected chi connectivity index (χ3v) is 3.00. The van der Waals surface area contributed by atoms with Crippen molar-refractivity contribution in [3.8, 4) is 0 Å². The molecular weight excluding hydrogens is 210 g/mol. The fourth-order valence-corrected chi connectivity index (χ4v) is 2.22. The van der Waals surface area contributed by atoms with Gasteiger partial charge in [0.05, 0.1) is 0 Å². The first kappa shape index (κ1) is 16.5. The highest BCUT2D eigenvalue weighted by Gasteiger charge is 2.24. The lowest BCUT2D eigenvalue weighted by atomic mass is 9.91. The van der Waals surface area contributed by atoms with Gasteiger partial charge in [-0.25, -0.2) is 0 Å². The van der Waals surface area contributed by atoms with Crippen LogP contribution in [-0.4, -0.2) is 23.4 Å². The Morgan fingerprint density at radius 1 is 1.12 bits per heavy atom. The maximum absolute atomic E-state index is 12.3. The second kappa shape index (κ2) is 7.73. The Labute approximate surface area is 108 Å². The van der Waals surface area contributed by atoms with Crippen LogP contribution in [0.15, 0.2) is 0 Å². The Bertz CT molecular complexity index is 217. The van der Waals surface area contributed by atoms with E-state index in [0.717, 1.165) is 32.2 Å². The van der Waals surface area contributed by atoms with Gasteiger partial charge in [-0.2, -0.15) is 0 Å². The first-order valence-electron chi connectivity index (χ1n) is 7.15. The molecule has 0 aromatic rings. The molecule has 0 radical (unpaired) electrons. The number of rotatable bonds is 7. The quantitative estimate of drug-likeness (QED) is 0.653. The molecule has 2 heteroatoms. The van der Waals surface area contributed by atoms with Crippen molar-refractivity contribution in [3.63, 3.8) is 0 Å². The van der Waals surface area contributed by atoms with Crippen molar-refractivity contribution in [2.75, 3.05) is 6.54 Å². The highest BCUT2D eigenvalue weighted by molar-refractivity contribution is 5.77. The van der Waals surface area contributed by atoms with Crippen molar-refractivity contribution in [3.05, 3.63) is 0 Å². The lowest BCUT2D eigenvalue weighted by Crippen LogP contribution is -2.41. The van der Waals surface area contributed by atoms with Crippen molar-refractivity contribution in [1.82, 2.24) is 4.90 Å². The standard InChI is InChI=1S/C15H31NO/c1-7-10-13(9-3)16(11-8-2)14(17)12-15(4,5)6/h13H,7-12H2,1-6H3. The third-order valence-electron chi connectivity index (χ3n) is 3.00. The summed E-state index contributed by atoms with van der Waals surface area (Å²) >= 11 is 0. The predicted molar refractivity (Wildman–Crippen MR) is 75.1 cm³/mol. The molecule has 1 unspecified atom stereocenters. The van der Waals surface area contributed by atoms with E-state index >= 15 is 0 Å². The largest absolute Gasteiger partial charge is 0.340 e. The minimum absolute atomic E-state index is 0.0909. The number of amides is 1. The monoisotopic (exact) mass is 241 g/mol. The molecule has 0 saturated carbocycles. The fourth-order valence-electron chi connectivity index (χ4n) is 2.22. The van der Waals surface area contributed by atoms with Crippen LogP contribution in [0, 0.1) is 5.41 Å². The van der Waals surface area contributed by atoms with E-state index in [1.54, 1.807) is 0 Å². The number of hydrogen-bond acceptors (Lipinski definition) is 1. The van der Waals surface area contributed by atoms with Crippen LogP contribution < -0.4 is 0 Å². The lowest BCUT2D eigenvalue weighted by molar-refractivity contribution is -0.135. The number of hydrogen-bond donors (Lipinski definition) is 0. The van der Waals surface area contributed by atoms with E-state index in [0.29, 0.717) is 18.4 Å². The van der Waals surface area contributed by atoms with E-state index in [2.05, 4.69) is 46.4 Å². The van der Waals surface area contributed by atoms with Gasteiger partial charge in [-0.15, -0.1) is 0 Å². The summed E-state index contributed by atoms with van der Waals surface area (Å²) in [6.45, 7) is 13.8. The molecule has 1 amide bonds. The van der Waals surface area contributed by atoms with Crippen molar-refractivity contribution in [2.45, 2.75) is 79.7 Å². The summed E-state index contributed by atoms with van der Waals surface area (Å²) in [4.78, 5) is 14.5. The predicted octanol–water partition coefficient (Wildman–Crippen LogP) is 4.24. The SMILES string of the molecule is CCCC(CC)N(CCC)C(=O)CC(C)(C)C. The van der Waals surface area contributed by atoms with Crippen LogP contribution in [0.25, 0.3) is 0 Å². The Hall–Kier alpha value is -0.530. The van der Waals surface area contributed by atoms with Crippen LogP contribution >= 0.6 is 0 Å². The lowest BCUT2D eigenvalue weighted by Gasteiger charge is -2.33. The van der Waals surface area contributed by atoms with Gasteiger partial charge >= 0.3 is 0 Å². The van der Waals surface area contributed by atoms with E-state index in [9.17, 15) is 4.79 Å². The highest BCUT2D eigenvalue weighted by Crippen LogP contribution is 2.22. The van der Waals surface area contributed by atoms with Gasteiger partial charge in [-0.1, -0.05) is 48.0 Å². The molecule has 0 aliphatic rings. The van der Waals surface area contributed by atoms with Crippen molar-refractivity contribution in [1.29, 1.82) is 0 Å². The van der Waals surface area contributed by atoms with Crippen LogP contribution in [0.3, 0.4) is 0 Å². The van der Waals surface area contributed by atoms with Gasteiger partial charge in [0.2, 0.25) is 5.91 Å². The van der Waals surface area contributed by atoms with E-state index in [4.69, 9.17) is 0 Å². The summed E-state index contributed by atoms with van der Waals surface area (Å²) in [5.41, 5.74) is 0.0909. The zero-order valence-electron chi connectivity index (χ0n) is 12.7. The van der Waals surface area contributed by atoms with Gasteiger partial charge in [-0.05, 0) is 24.7 Å². The molecule has 0 heterocycles. The zero-order chi connectivity index (χ0) is 13.5. The maximum atomic E-state index is 12.3. The summed E-state index contributed by atoms with van der Waals surface area (Å²) in [6, 6.07) is 0.440. The smallest absolute Gasteiger partial charge is 0.223 e. The molecule has 0 aromatic heterocycles. The molecule has 0 aliphatic carbocycles. The second-order valence-electron chi connectivity index (χ2n) is 6.18. The Balaban J connectivity index is 4.63. The van der Waals surface area contributed by atoms with E-state index in [-0.39, 0.29) is 5.41 Å². The molecule has 0 aliphatic heterocycles. The molecule has 0 fully saturated rings. The van der Waals surface area contributed by atoms with Crippen LogP contribution in [0.5, 0.6) is 0 Å². The molecule has 17 heavy (non-hydrogen) atoms. The van der Waals surface area contributed by atoms with Crippen LogP contribution in [0.1, 0.15) is 73.6 Å². The summed E-state index contributed by atoms with van der Waals surface area (Å²) in [5, 5.41) is 0. The van der Waals surface area contributed by atoms with Crippen molar-refractivity contribution >= 4 is 5.91 Å². The maximum Gasteiger partial charge on any atom is 0.223 e. The molecule has 0 saturated heterocycles. The summed E-state index contributed by atoms with van der Waals surface area (Å²) < 4.78 is 0. The molecule has 0 aromatic carbocycles. The Morgan fingerprint density at radius 2 is 1.71 bits per heavy atom. The second-order valence-corrected chi connectivity index (χ2v) is 6.18. The minimum atomic E-state index is 0.0909. The summed E-state index contributed by atoms with van der Waals surface area (Å²) in [5.74, 6) is 0.333. The van der Waals surface area contributed by atoms with E-state index < -0.39 is 0 Å². The number of carbonyl (C=O) groups excluding carboxylic acids is 1. The van der Waals surface area contributed by atoms with Gasteiger partial charge in [0.25, 0.3) is 0 Å². The molecule has 2 nitrogen and oxygen atoms in total. The normalized spacial score (nSPS) is 13.5. The van der Waals surface area contributed by atoms with Gasteiger partial charge in [0.1, 0.15) is 0 Å².